The Morgan fingerprint density at radius 1 is 1.38 bits per heavy atom. The third-order valence-electron chi connectivity index (χ3n) is 2.74. The van der Waals surface area contributed by atoms with Gasteiger partial charge in [-0.05, 0) is 18.2 Å². The highest BCUT2D eigenvalue weighted by Gasteiger charge is 2.19. The van der Waals surface area contributed by atoms with Crippen molar-refractivity contribution in [3.05, 3.63) is 36.0 Å². The molecule has 0 aliphatic rings. The Morgan fingerprint density at radius 3 is 2.62 bits per heavy atom. The van der Waals surface area contributed by atoms with E-state index < -0.39 is 16.0 Å². The van der Waals surface area contributed by atoms with Crippen LogP contribution in [0.2, 0.25) is 0 Å². The van der Waals surface area contributed by atoms with Gasteiger partial charge < -0.3 is 9.84 Å². The molecule has 0 aliphatic heterocycles. The molecule has 2 rings (SSSR count). The first kappa shape index (κ1) is 14.9. The molecular formula is C12H13N3O5S. The SMILES string of the molecule is COc1cc(NS(=O)(=O)c2ccnn2C)ccc1C(=O)O. The van der Waals surface area contributed by atoms with E-state index in [1.807, 2.05) is 0 Å². The lowest BCUT2D eigenvalue weighted by Gasteiger charge is -2.10. The minimum absolute atomic E-state index is 0.0104. The fraction of sp³-hybridized carbons (Fsp3) is 0.167. The van der Waals surface area contributed by atoms with Crippen molar-refractivity contribution < 1.29 is 23.1 Å². The van der Waals surface area contributed by atoms with Crippen LogP contribution in [-0.4, -0.2) is 36.4 Å². The van der Waals surface area contributed by atoms with Gasteiger partial charge in [-0.15, -0.1) is 0 Å². The molecule has 0 atom stereocenters. The minimum Gasteiger partial charge on any atom is -0.496 e. The Bertz CT molecular complexity index is 782. The molecule has 1 aromatic carbocycles. The van der Waals surface area contributed by atoms with E-state index in [2.05, 4.69) is 9.82 Å². The fourth-order valence-corrected chi connectivity index (χ4v) is 2.94. The molecule has 1 heterocycles. The second-order valence-electron chi connectivity index (χ2n) is 4.12. The van der Waals surface area contributed by atoms with Gasteiger partial charge in [0.25, 0.3) is 10.0 Å². The van der Waals surface area contributed by atoms with Crippen molar-refractivity contribution in [1.29, 1.82) is 0 Å². The fourth-order valence-electron chi connectivity index (χ4n) is 1.76. The van der Waals surface area contributed by atoms with Gasteiger partial charge in [0, 0.05) is 13.1 Å². The number of sulfonamides is 1. The Labute approximate surface area is 121 Å². The topological polar surface area (TPSA) is 111 Å². The first-order chi connectivity index (χ1) is 9.85. The Kier molecular flexibility index (Phi) is 3.85. The zero-order valence-electron chi connectivity index (χ0n) is 11.3. The highest BCUT2D eigenvalue weighted by molar-refractivity contribution is 7.92. The average molecular weight is 311 g/mol. The van der Waals surface area contributed by atoms with Crippen LogP contribution < -0.4 is 9.46 Å². The van der Waals surface area contributed by atoms with Gasteiger partial charge >= 0.3 is 5.97 Å². The van der Waals surface area contributed by atoms with Crippen molar-refractivity contribution in [1.82, 2.24) is 9.78 Å². The maximum Gasteiger partial charge on any atom is 0.339 e. The molecule has 21 heavy (non-hydrogen) atoms. The van der Waals surface area contributed by atoms with Crippen LogP contribution in [0.25, 0.3) is 0 Å². The molecule has 0 fully saturated rings. The van der Waals surface area contributed by atoms with Crippen LogP contribution in [-0.2, 0) is 17.1 Å². The summed E-state index contributed by atoms with van der Waals surface area (Å²) in [6.45, 7) is 0. The van der Waals surface area contributed by atoms with Crippen molar-refractivity contribution in [3.63, 3.8) is 0 Å². The monoisotopic (exact) mass is 311 g/mol. The first-order valence-corrected chi connectivity index (χ1v) is 7.25. The van der Waals surface area contributed by atoms with Crippen molar-refractivity contribution >= 4 is 21.7 Å². The van der Waals surface area contributed by atoms with Gasteiger partial charge in [0.1, 0.15) is 11.3 Å². The van der Waals surface area contributed by atoms with E-state index in [-0.39, 0.29) is 22.0 Å². The largest absolute Gasteiger partial charge is 0.496 e. The van der Waals surface area contributed by atoms with Gasteiger partial charge in [-0.3, -0.25) is 9.40 Å². The maximum atomic E-state index is 12.2. The normalized spacial score (nSPS) is 11.1. The molecule has 8 nitrogen and oxygen atoms in total. The molecule has 0 unspecified atom stereocenters. The van der Waals surface area contributed by atoms with E-state index in [1.165, 1.54) is 49.3 Å². The second kappa shape index (κ2) is 5.44. The lowest BCUT2D eigenvalue weighted by Crippen LogP contribution is -2.16. The van der Waals surface area contributed by atoms with E-state index in [4.69, 9.17) is 9.84 Å². The second-order valence-corrected chi connectivity index (χ2v) is 5.75. The number of carboxylic acid groups (broad SMARTS) is 1. The van der Waals surface area contributed by atoms with Gasteiger partial charge in [0.15, 0.2) is 5.03 Å². The number of ether oxygens (including phenoxy) is 1. The summed E-state index contributed by atoms with van der Waals surface area (Å²) >= 11 is 0. The number of carboxylic acids is 1. The van der Waals surface area contributed by atoms with Crippen LogP contribution in [0.3, 0.4) is 0 Å². The van der Waals surface area contributed by atoms with Crippen LogP contribution in [0.4, 0.5) is 5.69 Å². The lowest BCUT2D eigenvalue weighted by molar-refractivity contribution is 0.0693. The minimum atomic E-state index is -3.81. The molecule has 0 spiro atoms. The molecule has 0 radical (unpaired) electrons. The number of nitrogens with zero attached hydrogens (tertiary/aromatic N) is 2. The molecule has 2 N–H and O–H groups in total. The average Bonchev–Trinajstić information content (AvgIpc) is 2.85. The number of rotatable bonds is 5. The summed E-state index contributed by atoms with van der Waals surface area (Å²) in [6, 6.07) is 5.27. The smallest absolute Gasteiger partial charge is 0.339 e. The molecule has 112 valence electrons. The van der Waals surface area contributed by atoms with E-state index >= 15 is 0 Å². The number of aromatic nitrogens is 2. The summed E-state index contributed by atoms with van der Waals surface area (Å²) in [7, 11) is -1.00. The quantitative estimate of drug-likeness (QED) is 0.849. The molecular weight excluding hydrogens is 298 g/mol. The summed E-state index contributed by atoms with van der Waals surface area (Å²) in [5.41, 5.74) is 0.138. The van der Waals surface area contributed by atoms with Gasteiger partial charge in [0.05, 0.1) is 19.0 Å². The summed E-state index contributed by atoms with van der Waals surface area (Å²) in [4.78, 5) is 11.0. The van der Waals surface area contributed by atoms with Gasteiger partial charge in [0.2, 0.25) is 0 Å². The number of carbonyl (C=O) groups is 1. The molecule has 0 bridgehead atoms. The van der Waals surface area contributed by atoms with Crippen LogP contribution >= 0.6 is 0 Å². The molecule has 2 aromatic rings. The molecule has 0 saturated carbocycles. The van der Waals surface area contributed by atoms with Crippen LogP contribution in [0.5, 0.6) is 5.75 Å². The van der Waals surface area contributed by atoms with Gasteiger partial charge in [-0.1, -0.05) is 0 Å². The zero-order chi connectivity index (χ0) is 15.6. The van der Waals surface area contributed by atoms with Crippen LogP contribution in [0.1, 0.15) is 10.4 Å². The number of nitrogens with one attached hydrogen (secondary N) is 1. The van der Waals surface area contributed by atoms with E-state index in [0.29, 0.717) is 0 Å². The molecule has 0 aliphatic carbocycles. The first-order valence-electron chi connectivity index (χ1n) is 5.77. The van der Waals surface area contributed by atoms with Crippen molar-refractivity contribution in [2.75, 3.05) is 11.8 Å². The van der Waals surface area contributed by atoms with Gasteiger partial charge in [-0.25, -0.2) is 4.79 Å². The zero-order valence-corrected chi connectivity index (χ0v) is 12.1. The summed E-state index contributed by atoms with van der Waals surface area (Å²) in [5, 5.41) is 12.8. The third kappa shape index (κ3) is 2.97. The Morgan fingerprint density at radius 2 is 2.10 bits per heavy atom. The van der Waals surface area contributed by atoms with Crippen molar-refractivity contribution in [3.8, 4) is 5.75 Å². The molecule has 0 saturated heterocycles. The Balaban J connectivity index is 2.36. The molecule has 9 heteroatoms. The summed E-state index contributed by atoms with van der Waals surface area (Å²) < 4.78 is 32.8. The predicted molar refractivity (Wildman–Crippen MR) is 74.0 cm³/mol. The van der Waals surface area contributed by atoms with Crippen molar-refractivity contribution in [2.24, 2.45) is 7.05 Å². The van der Waals surface area contributed by atoms with Gasteiger partial charge in [-0.2, -0.15) is 13.5 Å². The van der Waals surface area contributed by atoms with E-state index in [0.717, 1.165) is 0 Å². The maximum absolute atomic E-state index is 12.2. The van der Waals surface area contributed by atoms with E-state index in [1.54, 1.807) is 0 Å². The van der Waals surface area contributed by atoms with Crippen LogP contribution in [0, 0.1) is 0 Å². The van der Waals surface area contributed by atoms with Crippen LogP contribution in [0.15, 0.2) is 35.5 Å². The third-order valence-corrected chi connectivity index (χ3v) is 4.19. The highest BCUT2D eigenvalue weighted by atomic mass is 32.2. The number of methoxy groups -OCH3 is 1. The number of hydrogen-bond donors (Lipinski definition) is 2. The standard InChI is InChI=1S/C12H13N3O5S/c1-15-11(5-6-13-15)21(18,19)14-8-3-4-9(12(16)17)10(7-8)20-2/h3-7,14H,1-2H3,(H,16,17). The lowest BCUT2D eigenvalue weighted by atomic mass is 10.2. The number of benzene rings is 1. The number of anilines is 1. The Hall–Kier alpha value is -2.55. The molecule has 0 amide bonds. The predicted octanol–water partition coefficient (Wildman–Crippen LogP) is 0.928. The number of aromatic carboxylic acids is 1. The van der Waals surface area contributed by atoms with Crippen molar-refractivity contribution in [2.45, 2.75) is 5.03 Å². The number of hydrogen-bond acceptors (Lipinski definition) is 5. The van der Waals surface area contributed by atoms with E-state index in [9.17, 15) is 13.2 Å². The molecule has 1 aromatic heterocycles. The summed E-state index contributed by atoms with van der Waals surface area (Å²) in [6.07, 6.45) is 1.36. The highest BCUT2D eigenvalue weighted by Crippen LogP contribution is 2.25. The summed E-state index contributed by atoms with van der Waals surface area (Å²) in [5.74, 6) is -1.10. The number of aryl methyl sites for hydroxylation is 1.